The Kier molecular flexibility index (Phi) is 5.80. The molecule has 0 unspecified atom stereocenters. The Morgan fingerprint density at radius 2 is 1.79 bits per heavy atom. The number of sulfonamides is 1. The molecule has 1 fully saturated rings. The molecule has 0 aliphatic heterocycles. The predicted molar refractivity (Wildman–Crippen MR) is 74.3 cm³/mol. The third kappa shape index (κ3) is 3.92. The molecule has 19 heavy (non-hydrogen) atoms. The van der Waals surface area contributed by atoms with E-state index in [0.717, 1.165) is 6.42 Å². The van der Waals surface area contributed by atoms with Gasteiger partial charge in [0, 0.05) is 13.1 Å². The number of rotatable bonds is 7. The van der Waals surface area contributed by atoms with Crippen LogP contribution in [-0.2, 0) is 14.8 Å². The zero-order valence-corrected chi connectivity index (χ0v) is 12.8. The van der Waals surface area contributed by atoms with E-state index < -0.39 is 16.0 Å². The number of carboxylic acids is 1. The molecule has 1 rings (SSSR count). The lowest BCUT2D eigenvalue weighted by Crippen LogP contribution is -2.34. The summed E-state index contributed by atoms with van der Waals surface area (Å²) in [6.45, 7) is 6.58. The van der Waals surface area contributed by atoms with Gasteiger partial charge in [0.1, 0.15) is 0 Å². The minimum Gasteiger partial charge on any atom is -0.481 e. The summed E-state index contributed by atoms with van der Waals surface area (Å²) in [4.78, 5) is 11.2. The molecule has 0 aromatic rings. The van der Waals surface area contributed by atoms with Crippen LogP contribution in [0.15, 0.2) is 0 Å². The highest BCUT2D eigenvalue weighted by molar-refractivity contribution is 7.89. The predicted octanol–water partition coefficient (Wildman–Crippen LogP) is 1.79. The zero-order valence-electron chi connectivity index (χ0n) is 12.0. The van der Waals surface area contributed by atoms with Crippen LogP contribution >= 0.6 is 0 Å². The molecule has 0 amide bonds. The van der Waals surface area contributed by atoms with Gasteiger partial charge in [0.2, 0.25) is 10.0 Å². The molecular weight excluding hydrogens is 266 g/mol. The van der Waals surface area contributed by atoms with Gasteiger partial charge in [0.15, 0.2) is 0 Å². The highest BCUT2D eigenvalue weighted by atomic mass is 32.2. The van der Waals surface area contributed by atoms with Gasteiger partial charge in [-0.1, -0.05) is 27.2 Å². The Bertz CT molecular complexity index is 403. The van der Waals surface area contributed by atoms with Gasteiger partial charge in [0.05, 0.1) is 11.7 Å². The minimum atomic E-state index is -3.25. The third-order valence-electron chi connectivity index (χ3n) is 4.18. The van der Waals surface area contributed by atoms with Crippen molar-refractivity contribution in [1.82, 2.24) is 4.31 Å². The monoisotopic (exact) mass is 291 g/mol. The van der Waals surface area contributed by atoms with Crippen molar-refractivity contribution >= 4 is 16.0 Å². The van der Waals surface area contributed by atoms with Crippen LogP contribution in [0, 0.1) is 17.8 Å². The second-order valence-electron chi connectivity index (χ2n) is 5.31. The maximum absolute atomic E-state index is 12.2. The molecular formula is C13H25NO4S. The van der Waals surface area contributed by atoms with Crippen LogP contribution in [-0.4, -0.2) is 42.6 Å². The van der Waals surface area contributed by atoms with E-state index in [1.54, 1.807) is 0 Å². The molecule has 1 saturated carbocycles. The van der Waals surface area contributed by atoms with Crippen molar-refractivity contribution in [1.29, 1.82) is 0 Å². The summed E-state index contributed by atoms with van der Waals surface area (Å²) in [5.74, 6) is -0.961. The Balaban J connectivity index is 2.72. The highest BCUT2D eigenvalue weighted by Gasteiger charge is 2.39. The minimum absolute atomic E-state index is 0.0170. The molecule has 0 spiro atoms. The Labute approximate surface area is 116 Å². The van der Waals surface area contributed by atoms with Gasteiger partial charge in [-0.2, -0.15) is 0 Å². The fourth-order valence-corrected chi connectivity index (χ4v) is 5.02. The van der Waals surface area contributed by atoms with Gasteiger partial charge in [-0.3, -0.25) is 4.79 Å². The zero-order chi connectivity index (χ0) is 14.6. The first kappa shape index (κ1) is 16.4. The van der Waals surface area contributed by atoms with Gasteiger partial charge in [-0.05, 0) is 24.7 Å². The number of aliphatic carboxylic acids is 1. The number of carbonyl (C=O) groups is 1. The van der Waals surface area contributed by atoms with E-state index in [9.17, 15) is 18.3 Å². The lowest BCUT2D eigenvalue weighted by atomic mass is 9.94. The summed E-state index contributed by atoms with van der Waals surface area (Å²) in [6, 6.07) is 0. The van der Waals surface area contributed by atoms with Gasteiger partial charge in [-0.15, -0.1) is 0 Å². The maximum Gasteiger partial charge on any atom is 0.306 e. The van der Waals surface area contributed by atoms with E-state index in [2.05, 4.69) is 0 Å². The molecule has 0 aromatic carbocycles. The molecule has 1 N–H and O–H groups in total. The van der Waals surface area contributed by atoms with Gasteiger partial charge < -0.3 is 5.11 Å². The Morgan fingerprint density at radius 3 is 2.16 bits per heavy atom. The maximum atomic E-state index is 12.2. The number of hydrogen-bond donors (Lipinski definition) is 1. The lowest BCUT2D eigenvalue weighted by Gasteiger charge is -2.20. The van der Waals surface area contributed by atoms with Crippen LogP contribution < -0.4 is 0 Å². The molecule has 0 radical (unpaired) electrons. The standard InChI is InChI=1S/C13H25NO4S/c1-4-11-7-10(8-12(11)13(15)16)9-19(17,18)14(5-2)6-3/h10-12H,4-9H2,1-3H3,(H,15,16)/t10-,11+,12+/m0/s1. The summed E-state index contributed by atoms with van der Waals surface area (Å²) in [5.41, 5.74) is 0. The van der Waals surface area contributed by atoms with Crippen LogP contribution in [0.4, 0.5) is 0 Å². The second kappa shape index (κ2) is 6.70. The van der Waals surface area contributed by atoms with Crippen molar-refractivity contribution in [3.05, 3.63) is 0 Å². The average molecular weight is 291 g/mol. The summed E-state index contributed by atoms with van der Waals surface area (Å²) in [5, 5.41) is 9.17. The fourth-order valence-electron chi connectivity index (χ4n) is 3.15. The van der Waals surface area contributed by atoms with Crippen LogP contribution in [0.1, 0.15) is 40.0 Å². The normalized spacial score (nSPS) is 27.9. The quantitative estimate of drug-likeness (QED) is 0.776. The lowest BCUT2D eigenvalue weighted by molar-refractivity contribution is -0.143. The van der Waals surface area contributed by atoms with Crippen molar-refractivity contribution in [3.8, 4) is 0 Å². The number of nitrogens with zero attached hydrogens (tertiary/aromatic N) is 1. The Morgan fingerprint density at radius 1 is 1.21 bits per heavy atom. The number of carboxylic acid groups (broad SMARTS) is 1. The van der Waals surface area contributed by atoms with Gasteiger partial charge in [-0.25, -0.2) is 12.7 Å². The van der Waals surface area contributed by atoms with E-state index >= 15 is 0 Å². The van der Waals surface area contributed by atoms with E-state index in [4.69, 9.17) is 0 Å². The van der Waals surface area contributed by atoms with E-state index in [1.165, 1.54) is 4.31 Å². The molecule has 0 saturated heterocycles. The van der Waals surface area contributed by atoms with Gasteiger partial charge >= 0.3 is 5.97 Å². The van der Waals surface area contributed by atoms with E-state index in [-0.39, 0.29) is 23.5 Å². The molecule has 0 aromatic heterocycles. The summed E-state index contributed by atoms with van der Waals surface area (Å²) in [6.07, 6.45) is 2.01. The van der Waals surface area contributed by atoms with Crippen molar-refractivity contribution < 1.29 is 18.3 Å². The molecule has 5 nitrogen and oxygen atoms in total. The first-order valence-corrected chi connectivity index (χ1v) is 8.67. The van der Waals surface area contributed by atoms with E-state index in [1.807, 2.05) is 20.8 Å². The molecule has 3 atom stereocenters. The summed E-state index contributed by atoms with van der Waals surface area (Å²) in [7, 11) is -3.25. The molecule has 1 aliphatic carbocycles. The van der Waals surface area contributed by atoms with Crippen LogP contribution in [0.2, 0.25) is 0 Å². The van der Waals surface area contributed by atoms with Crippen molar-refractivity contribution in [2.75, 3.05) is 18.8 Å². The van der Waals surface area contributed by atoms with E-state index in [0.29, 0.717) is 25.9 Å². The molecule has 0 heterocycles. The van der Waals surface area contributed by atoms with Crippen molar-refractivity contribution in [2.45, 2.75) is 40.0 Å². The largest absolute Gasteiger partial charge is 0.481 e. The SMILES string of the molecule is CC[C@@H]1C[C@H](CS(=O)(=O)N(CC)CC)C[C@H]1C(=O)O. The van der Waals surface area contributed by atoms with Crippen molar-refractivity contribution in [3.63, 3.8) is 0 Å². The first-order valence-electron chi connectivity index (χ1n) is 7.06. The second-order valence-corrected chi connectivity index (χ2v) is 7.33. The summed E-state index contributed by atoms with van der Waals surface area (Å²) < 4.78 is 25.9. The van der Waals surface area contributed by atoms with Crippen LogP contribution in [0.3, 0.4) is 0 Å². The molecule has 6 heteroatoms. The molecule has 112 valence electrons. The van der Waals surface area contributed by atoms with Gasteiger partial charge in [0.25, 0.3) is 0 Å². The fraction of sp³-hybridized carbons (Fsp3) is 0.923. The van der Waals surface area contributed by atoms with Crippen molar-refractivity contribution in [2.24, 2.45) is 17.8 Å². The van der Waals surface area contributed by atoms with Crippen LogP contribution in [0.5, 0.6) is 0 Å². The van der Waals surface area contributed by atoms with Crippen LogP contribution in [0.25, 0.3) is 0 Å². The first-order chi connectivity index (χ1) is 8.85. The summed E-state index contributed by atoms with van der Waals surface area (Å²) >= 11 is 0. The average Bonchev–Trinajstić information content (AvgIpc) is 2.72. The topological polar surface area (TPSA) is 74.7 Å². The molecule has 1 aliphatic rings. The Hall–Kier alpha value is -0.620. The highest BCUT2D eigenvalue weighted by Crippen LogP contribution is 2.39. The molecule has 0 bridgehead atoms. The third-order valence-corrected chi connectivity index (χ3v) is 6.37. The smallest absolute Gasteiger partial charge is 0.306 e. The number of hydrogen-bond acceptors (Lipinski definition) is 3.